The number of carbonyl (C=O) groups is 8. The van der Waals surface area contributed by atoms with E-state index in [0.29, 0.717) is 12.0 Å². The van der Waals surface area contributed by atoms with Crippen LogP contribution in [0.4, 0.5) is 9.59 Å². The van der Waals surface area contributed by atoms with Crippen molar-refractivity contribution >= 4 is 63.6 Å². The number of halogens is 1. The molecule has 8 N–H and O–H groups in total. The van der Waals surface area contributed by atoms with E-state index >= 15 is 0 Å². The van der Waals surface area contributed by atoms with Crippen molar-refractivity contribution in [3.8, 4) is 5.75 Å². The van der Waals surface area contributed by atoms with Gasteiger partial charge in [-0.3, -0.25) is 28.8 Å². The zero-order valence-corrected chi connectivity index (χ0v) is 37.4. The Morgan fingerprint density at radius 2 is 1.50 bits per heavy atom. The number of benzene rings is 3. The van der Waals surface area contributed by atoms with Gasteiger partial charge in [0.15, 0.2) is 0 Å². The topological polar surface area (TPSA) is 277 Å². The summed E-state index contributed by atoms with van der Waals surface area (Å²) >= 11 is 3.38. The number of nitrogens with zero attached hydrogens (tertiary/aromatic N) is 1. The molecule has 1 heterocycles. The maximum absolute atomic E-state index is 13.9. The van der Waals surface area contributed by atoms with Gasteiger partial charge in [-0.1, -0.05) is 76.6 Å². The van der Waals surface area contributed by atoms with Gasteiger partial charge < -0.3 is 56.6 Å². The van der Waals surface area contributed by atoms with Crippen LogP contribution in [0.5, 0.6) is 5.75 Å². The Morgan fingerprint density at radius 1 is 0.812 bits per heavy atom. The Balaban J connectivity index is 1.33. The second-order valence-electron chi connectivity index (χ2n) is 15.8. The van der Waals surface area contributed by atoms with Crippen molar-refractivity contribution in [1.29, 1.82) is 0 Å². The number of alkyl carbamates (subject to hydrolysis) is 1. The molecule has 19 nitrogen and oxygen atoms in total. The van der Waals surface area contributed by atoms with E-state index in [2.05, 4.69) is 37.2 Å². The molecule has 1 aliphatic heterocycles. The van der Waals surface area contributed by atoms with Crippen LogP contribution in [0.1, 0.15) is 63.1 Å². The van der Waals surface area contributed by atoms with Gasteiger partial charge in [0.1, 0.15) is 42.1 Å². The Morgan fingerprint density at radius 3 is 2.16 bits per heavy atom. The standard InChI is InChI=1S/C44H54BrN7O12/c1-44(2,3)64-42(59)51-34(26-61-24-28-10-5-4-6-11-28)41(58)52-21-9-14-35(52)40(57)50-32(19-20-36(46)53)39(56)48-23-37(54)49-33(38(47)55)22-27-15-17-30(18-16-27)63-43(60)62-25-29-12-7-8-13-31(29)45/h4-8,10-13,15-18,32-35H,9,14,19-26H2,1-3H3,(H2,46,53)(H2,47,55)(H,48,56)(H,49,54)(H,50,57)(H,51,59)/t32-,33-,34-,35-/m0/s1. The highest BCUT2D eigenvalue weighted by atomic mass is 79.9. The number of likely N-dealkylation sites (tertiary alicyclic amines) is 1. The third kappa shape index (κ3) is 17.0. The molecule has 1 saturated heterocycles. The molecule has 0 bridgehead atoms. The molecule has 0 saturated carbocycles. The molecular formula is C44H54BrN7O12. The van der Waals surface area contributed by atoms with Gasteiger partial charge in [-0.25, -0.2) is 9.59 Å². The number of ether oxygens (including phenoxy) is 4. The zero-order chi connectivity index (χ0) is 46.8. The highest BCUT2D eigenvalue weighted by Crippen LogP contribution is 2.21. The number of hydrogen-bond donors (Lipinski definition) is 6. The number of amides is 7. The number of nitrogens with one attached hydrogen (secondary N) is 4. The van der Waals surface area contributed by atoms with E-state index in [1.807, 2.05) is 42.5 Å². The molecular weight excluding hydrogens is 898 g/mol. The first-order valence-electron chi connectivity index (χ1n) is 20.4. The molecule has 0 radical (unpaired) electrons. The molecule has 0 aromatic heterocycles. The van der Waals surface area contributed by atoms with Crippen LogP contribution in [0.25, 0.3) is 0 Å². The van der Waals surface area contributed by atoms with Crippen molar-refractivity contribution in [1.82, 2.24) is 26.2 Å². The summed E-state index contributed by atoms with van der Waals surface area (Å²) in [6, 6.07) is 17.6. The first kappa shape index (κ1) is 50.1. The molecule has 0 unspecified atom stereocenters. The van der Waals surface area contributed by atoms with Crippen molar-refractivity contribution in [3.63, 3.8) is 0 Å². The monoisotopic (exact) mass is 951 g/mol. The molecule has 1 aliphatic rings. The minimum atomic E-state index is -1.36. The molecule has 7 amide bonds. The number of rotatable bonds is 21. The average molecular weight is 953 g/mol. The lowest BCUT2D eigenvalue weighted by Crippen LogP contribution is -2.58. The van der Waals surface area contributed by atoms with Crippen LogP contribution in [-0.4, -0.2) is 102 Å². The first-order valence-corrected chi connectivity index (χ1v) is 21.2. The highest BCUT2D eigenvalue weighted by molar-refractivity contribution is 9.10. The molecule has 1 fully saturated rings. The first-order chi connectivity index (χ1) is 30.4. The summed E-state index contributed by atoms with van der Waals surface area (Å²) in [4.78, 5) is 104. The molecule has 3 aromatic carbocycles. The second-order valence-corrected chi connectivity index (χ2v) is 16.6. The van der Waals surface area contributed by atoms with E-state index in [-0.39, 0.29) is 57.8 Å². The van der Waals surface area contributed by atoms with E-state index in [1.165, 1.54) is 17.0 Å². The smallest absolute Gasteiger partial charge is 0.444 e. The number of hydrogen-bond acceptors (Lipinski definition) is 12. The molecule has 344 valence electrons. The van der Waals surface area contributed by atoms with Gasteiger partial charge >= 0.3 is 12.2 Å². The minimum absolute atomic E-state index is 0.0197. The van der Waals surface area contributed by atoms with Gasteiger partial charge in [0, 0.05) is 29.4 Å². The van der Waals surface area contributed by atoms with Crippen LogP contribution >= 0.6 is 15.9 Å². The van der Waals surface area contributed by atoms with Crippen molar-refractivity contribution in [3.05, 3.63) is 100 Å². The fourth-order valence-electron chi connectivity index (χ4n) is 6.39. The number of nitrogens with two attached hydrogens (primary N) is 2. The molecule has 20 heteroatoms. The van der Waals surface area contributed by atoms with E-state index in [9.17, 15) is 38.4 Å². The maximum Gasteiger partial charge on any atom is 0.514 e. The largest absolute Gasteiger partial charge is 0.514 e. The summed E-state index contributed by atoms with van der Waals surface area (Å²) in [5, 5.41) is 10.00. The highest BCUT2D eigenvalue weighted by Gasteiger charge is 2.39. The van der Waals surface area contributed by atoms with E-state index < -0.39 is 84.0 Å². The van der Waals surface area contributed by atoms with Crippen LogP contribution < -0.4 is 37.5 Å². The quantitative estimate of drug-likeness (QED) is 0.0665. The van der Waals surface area contributed by atoms with Crippen LogP contribution in [0, 0.1) is 0 Å². The van der Waals surface area contributed by atoms with Gasteiger partial charge in [0.25, 0.3) is 0 Å². The van der Waals surface area contributed by atoms with Crippen LogP contribution in [0.2, 0.25) is 0 Å². The molecule has 3 aromatic rings. The summed E-state index contributed by atoms with van der Waals surface area (Å²) in [6.07, 6.45) is -1.75. The summed E-state index contributed by atoms with van der Waals surface area (Å²) in [5.41, 5.74) is 12.2. The van der Waals surface area contributed by atoms with Crippen LogP contribution in [0.3, 0.4) is 0 Å². The van der Waals surface area contributed by atoms with E-state index in [0.717, 1.165) is 15.6 Å². The van der Waals surface area contributed by atoms with Gasteiger partial charge in [-0.2, -0.15) is 0 Å². The maximum atomic E-state index is 13.9. The van der Waals surface area contributed by atoms with Gasteiger partial charge in [0.2, 0.25) is 35.4 Å². The summed E-state index contributed by atoms with van der Waals surface area (Å²) < 4.78 is 22.3. The molecule has 4 rings (SSSR count). The Labute approximate surface area is 378 Å². The Kier molecular flexibility index (Phi) is 19.1. The predicted octanol–water partition coefficient (Wildman–Crippen LogP) is 2.64. The van der Waals surface area contributed by atoms with Crippen molar-refractivity contribution in [2.45, 2.75) is 95.9 Å². The Bertz CT molecular complexity index is 2120. The van der Waals surface area contributed by atoms with Gasteiger partial charge in [-0.15, -0.1) is 0 Å². The predicted molar refractivity (Wildman–Crippen MR) is 234 cm³/mol. The lowest BCUT2D eigenvalue weighted by Gasteiger charge is -2.30. The summed E-state index contributed by atoms with van der Waals surface area (Å²) in [5.74, 6) is -4.44. The summed E-state index contributed by atoms with van der Waals surface area (Å²) in [7, 11) is 0. The lowest BCUT2D eigenvalue weighted by molar-refractivity contribution is -0.142. The normalized spacial score (nSPS) is 14.8. The molecule has 4 atom stereocenters. The number of carbonyl (C=O) groups excluding carboxylic acids is 8. The van der Waals surface area contributed by atoms with E-state index in [1.54, 1.807) is 45.0 Å². The molecule has 0 aliphatic carbocycles. The third-order valence-corrected chi connectivity index (χ3v) is 10.3. The SMILES string of the molecule is CC(C)(C)OC(=O)N[C@@H](COCc1ccccc1)C(=O)N1CCC[C@H]1C(=O)N[C@@H](CCC(N)=O)C(=O)NCC(=O)N[C@@H](Cc1ccc(OC(=O)OCc2ccccc2Br)cc1)C(N)=O. The second kappa shape index (κ2) is 24.3. The summed E-state index contributed by atoms with van der Waals surface area (Å²) in [6.45, 7) is 4.39. The van der Waals surface area contributed by atoms with Gasteiger partial charge in [-0.05, 0) is 69.4 Å². The van der Waals surface area contributed by atoms with Crippen molar-refractivity contribution in [2.75, 3.05) is 19.7 Å². The van der Waals surface area contributed by atoms with Crippen molar-refractivity contribution in [2.24, 2.45) is 11.5 Å². The zero-order valence-electron chi connectivity index (χ0n) is 35.8. The Hall–Kier alpha value is -6.54. The van der Waals surface area contributed by atoms with E-state index in [4.69, 9.17) is 30.4 Å². The van der Waals surface area contributed by atoms with Gasteiger partial charge in [0.05, 0.1) is 19.8 Å². The fraction of sp³-hybridized carbons (Fsp3) is 0.409. The minimum Gasteiger partial charge on any atom is -0.444 e. The lowest BCUT2D eigenvalue weighted by atomic mass is 10.1. The van der Waals surface area contributed by atoms with Crippen LogP contribution in [0.15, 0.2) is 83.3 Å². The van der Waals surface area contributed by atoms with Crippen LogP contribution in [-0.2, 0) is 62.6 Å². The van der Waals surface area contributed by atoms with Crippen molar-refractivity contribution < 1.29 is 57.3 Å². The average Bonchev–Trinajstić information content (AvgIpc) is 3.74. The third-order valence-electron chi connectivity index (χ3n) is 9.51. The molecule has 0 spiro atoms. The molecule has 64 heavy (non-hydrogen) atoms. The fourth-order valence-corrected chi connectivity index (χ4v) is 6.78. The number of primary amides is 2.